The molecule has 3 fully saturated rings. The van der Waals surface area contributed by atoms with E-state index in [-0.39, 0.29) is 80.8 Å². The number of carboxylic acids is 1. The first-order chi connectivity index (χ1) is 29.0. The summed E-state index contributed by atoms with van der Waals surface area (Å²) in [5.41, 5.74) is -0.314. The molecule has 8 rings (SSSR count). The van der Waals surface area contributed by atoms with E-state index in [4.69, 9.17) is 23.5 Å². The van der Waals surface area contributed by atoms with Gasteiger partial charge in [0.2, 0.25) is 11.5 Å². The second-order valence-corrected chi connectivity index (χ2v) is 15.4. The van der Waals surface area contributed by atoms with Crippen molar-refractivity contribution in [2.75, 3.05) is 36.0 Å². The van der Waals surface area contributed by atoms with Gasteiger partial charge >= 0.3 is 26.7 Å². The Kier molecular flexibility index (Phi) is 11.7. The number of benzene rings is 4. The normalized spacial score (nSPS) is 17.9. The molecule has 1 atom stereocenters. The molecule has 2 saturated heterocycles. The van der Waals surface area contributed by atoms with Crippen LogP contribution in [-0.4, -0.2) is 70.8 Å². The number of aromatic carboxylic acids is 1. The number of carbonyl (C=O) groups is 2. The number of carboxylic acid groups (broad SMARTS) is 1. The van der Waals surface area contributed by atoms with E-state index in [0.717, 1.165) is 41.0 Å². The lowest BCUT2D eigenvalue weighted by Crippen LogP contribution is -2.50. The van der Waals surface area contributed by atoms with Crippen LogP contribution in [0.2, 0.25) is 0 Å². The van der Waals surface area contributed by atoms with Crippen molar-refractivity contribution >= 4 is 43.0 Å². The number of halogens is 2. The van der Waals surface area contributed by atoms with Crippen LogP contribution >= 0.6 is 8.69 Å². The Morgan fingerprint density at radius 3 is 2.13 bits per heavy atom. The van der Waals surface area contributed by atoms with Crippen LogP contribution in [0.4, 0.5) is 25.0 Å². The molecule has 0 bridgehead atoms. The number of cyclic esters (lactones) is 1. The molecule has 1 saturated carbocycles. The quantitative estimate of drug-likeness (QED) is 0.0750. The number of aliphatic hydroxyl groups is 1. The number of carbonyl (C=O) groups excluding carboxylic acids is 1. The number of hydrogen-bond donors (Lipinski definition) is 2. The summed E-state index contributed by atoms with van der Waals surface area (Å²) in [5.74, 6) is -5.20. The van der Waals surface area contributed by atoms with Crippen molar-refractivity contribution in [2.45, 2.75) is 62.6 Å². The van der Waals surface area contributed by atoms with Crippen LogP contribution in [0.1, 0.15) is 53.2 Å². The van der Waals surface area contributed by atoms with E-state index in [0.29, 0.717) is 5.52 Å². The van der Waals surface area contributed by atoms with Crippen LogP contribution in [0.3, 0.4) is 0 Å². The summed E-state index contributed by atoms with van der Waals surface area (Å²) in [5, 5.41) is 21.0. The van der Waals surface area contributed by atoms with E-state index in [1.54, 1.807) is 15.5 Å². The van der Waals surface area contributed by atoms with Gasteiger partial charge in [-0.05, 0) is 61.1 Å². The van der Waals surface area contributed by atoms with Crippen LogP contribution in [0.5, 0.6) is 5.75 Å². The van der Waals surface area contributed by atoms with Gasteiger partial charge in [-0.2, -0.15) is 0 Å². The smallest absolute Gasteiger partial charge is 0.415 e. The molecule has 0 spiro atoms. The zero-order valence-corrected chi connectivity index (χ0v) is 33.0. The number of amides is 1. The highest BCUT2D eigenvalue weighted by atomic mass is 31.1. The van der Waals surface area contributed by atoms with Crippen molar-refractivity contribution < 1.29 is 56.6 Å². The van der Waals surface area contributed by atoms with E-state index < -0.39 is 61.1 Å². The SMILES string of the molecule is O=POC(OCc1ccccc1)(OCc1ccccc1)C1CN(c2ccc(OCC3(O)CCN(c4cc5c(cc4F)c(=O)c(C(=O)O)cn5C4CC4)CC3)c(F)c2)C(=O)O1. The third-order valence-corrected chi connectivity index (χ3v) is 11.3. The lowest BCUT2D eigenvalue weighted by atomic mass is 9.92. The van der Waals surface area contributed by atoms with E-state index in [1.807, 2.05) is 60.7 Å². The first-order valence-electron chi connectivity index (χ1n) is 19.3. The molecule has 4 aromatic carbocycles. The monoisotopic (exact) mass is 843 g/mol. The Morgan fingerprint density at radius 1 is 0.900 bits per heavy atom. The molecule has 2 aliphatic heterocycles. The minimum Gasteiger partial charge on any atom is -0.488 e. The average molecular weight is 844 g/mol. The van der Waals surface area contributed by atoms with Crippen LogP contribution < -0.4 is 20.0 Å². The second-order valence-electron chi connectivity index (χ2n) is 15.1. The fourth-order valence-electron chi connectivity index (χ4n) is 7.47. The van der Waals surface area contributed by atoms with E-state index in [2.05, 4.69) is 0 Å². The third-order valence-electron chi connectivity index (χ3n) is 11.0. The molecule has 60 heavy (non-hydrogen) atoms. The van der Waals surface area contributed by atoms with Crippen LogP contribution in [0, 0.1) is 11.6 Å². The molecule has 2 N–H and O–H groups in total. The minimum atomic E-state index is -2.13. The van der Waals surface area contributed by atoms with Crippen LogP contribution in [0.15, 0.2) is 102 Å². The van der Waals surface area contributed by atoms with Gasteiger partial charge in [0.25, 0.3) is 0 Å². The molecule has 1 unspecified atom stereocenters. The number of pyridine rings is 1. The van der Waals surface area contributed by atoms with Gasteiger partial charge in [-0.3, -0.25) is 9.69 Å². The van der Waals surface area contributed by atoms with Gasteiger partial charge in [-0.1, -0.05) is 60.7 Å². The number of hydrogen-bond acceptors (Lipinski definition) is 11. The molecule has 3 aliphatic rings. The zero-order valence-electron chi connectivity index (χ0n) is 32.1. The van der Waals surface area contributed by atoms with Crippen molar-refractivity contribution in [3.8, 4) is 5.75 Å². The van der Waals surface area contributed by atoms with Gasteiger partial charge in [0, 0.05) is 36.8 Å². The molecular formula is C43H40F2N3O11P. The predicted molar refractivity (Wildman–Crippen MR) is 213 cm³/mol. The van der Waals surface area contributed by atoms with Gasteiger partial charge in [-0.15, -0.1) is 0 Å². The van der Waals surface area contributed by atoms with Crippen molar-refractivity contribution in [3.05, 3.63) is 136 Å². The fraction of sp³-hybridized carbons (Fsp3) is 0.326. The van der Waals surface area contributed by atoms with Crippen molar-refractivity contribution in [1.29, 1.82) is 0 Å². The largest absolute Gasteiger partial charge is 0.488 e. The topological polar surface area (TPSA) is 166 Å². The maximum atomic E-state index is 15.6. The third kappa shape index (κ3) is 8.60. The van der Waals surface area contributed by atoms with Gasteiger partial charge in [0.05, 0.1) is 36.6 Å². The zero-order chi connectivity index (χ0) is 42.0. The van der Waals surface area contributed by atoms with Crippen LogP contribution in [0.25, 0.3) is 10.9 Å². The molecule has 312 valence electrons. The molecule has 14 nitrogen and oxygen atoms in total. The minimum absolute atomic E-state index is 0.0127. The van der Waals surface area contributed by atoms with E-state index in [9.17, 15) is 29.2 Å². The second kappa shape index (κ2) is 17.1. The number of ether oxygens (including phenoxy) is 4. The van der Waals surface area contributed by atoms with E-state index >= 15 is 8.78 Å². The number of piperidine rings is 1. The van der Waals surface area contributed by atoms with Gasteiger partial charge in [0.15, 0.2) is 11.6 Å². The highest BCUT2D eigenvalue weighted by molar-refractivity contribution is 7.17. The Bertz CT molecular complexity index is 2420. The van der Waals surface area contributed by atoms with Gasteiger partial charge < -0.3 is 38.6 Å². The summed E-state index contributed by atoms with van der Waals surface area (Å²) in [6.45, 7) is -0.187. The lowest BCUT2D eigenvalue weighted by Gasteiger charge is -2.39. The predicted octanol–water partition coefficient (Wildman–Crippen LogP) is 7.36. The fourth-order valence-corrected chi connectivity index (χ4v) is 7.80. The molecule has 0 radical (unpaired) electrons. The molecule has 1 amide bonds. The maximum absolute atomic E-state index is 15.6. The average Bonchev–Trinajstić information content (AvgIpc) is 4.02. The molecular weight excluding hydrogens is 803 g/mol. The first kappa shape index (κ1) is 41.0. The molecule has 3 heterocycles. The summed E-state index contributed by atoms with van der Waals surface area (Å²) >= 11 is 0. The van der Waals surface area contributed by atoms with Gasteiger partial charge in [0.1, 0.15) is 23.6 Å². The number of fused-ring (bicyclic) bond motifs is 1. The first-order valence-corrected chi connectivity index (χ1v) is 20.0. The number of rotatable bonds is 16. The summed E-state index contributed by atoms with van der Waals surface area (Å²) in [7, 11) is -0.808. The molecule has 5 aromatic rings. The summed E-state index contributed by atoms with van der Waals surface area (Å²) in [6.07, 6.45) is 1.09. The standard InChI is InChI=1S/C43H40F2N3O11P/c44-33-20-31-35(47(29-11-12-29)22-32(39(31)49)40(50)51)21-36(33)46-17-15-42(53,16-18-46)26-55-37-14-13-30(19-34(37)45)48-23-38(58-41(48)52)43(59-60-54,56-24-27-7-3-1-4-8-27)57-25-28-9-5-2-6-10-28/h1-10,13-14,19-22,29,38,53H,11-12,15-18,23-26H2,(H,50,51). The summed E-state index contributed by atoms with van der Waals surface area (Å²) < 4.78 is 73.9. The number of anilines is 2. The Balaban J connectivity index is 0.929. The lowest BCUT2D eigenvalue weighted by molar-refractivity contribution is -0.380. The highest BCUT2D eigenvalue weighted by Gasteiger charge is 2.52. The Hall–Kier alpha value is -5.77. The highest BCUT2D eigenvalue weighted by Crippen LogP contribution is 2.40. The van der Waals surface area contributed by atoms with Crippen LogP contribution in [-0.2, 0) is 36.5 Å². The number of nitrogens with zero attached hydrogens (tertiary/aromatic N) is 3. The number of aromatic nitrogens is 1. The van der Waals surface area contributed by atoms with Crippen molar-refractivity contribution in [1.82, 2.24) is 4.57 Å². The Labute approximate surface area is 343 Å². The summed E-state index contributed by atoms with van der Waals surface area (Å²) in [6, 6.07) is 24.6. The molecule has 1 aromatic heterocycles. The van der Waals surface area contributed by atoms with Crippen molar-refractivity contribution in [3.63, 3.8) is 0 Å². The molecule has 1 aliphatic carbocycles. The van der Waals surface area contributed by atoms with E-state index in [1.165, 1.54) is 18.3 Å². The van der Waals surface area contributed by atoms with Crippen molar-refractivity contribution in [2.24, 2.45) is 0 Å². The summed E-state index contributed by atoms with van der Waals surface area (Å²) in [4.78, 5) is 40.8. The molecule has 17 heteroatoms. The van der Waals surface area contributed by atoms with Gasteiger partial charge in [-0.25, -0.2) is 27.5 Å². The maximum Gasteiger partial charge on any atom is 0.415 e. The Morgan fingerprint density at radius 2 is 1.55 bits per heavy atom.